The van der Waals surface area contributed by atoms with Gasteiger partial charge in [-0.1, -0.05) is 18.1 Å². The zero-order valence-corrected chi connectivity index (χ0v) is 22.0. The van der Waals surface area contributed by atoms with Gasteiger partial charge in [0, 0.05) is 41.0 Å². The van der Waals surface area contributed by atoms with Crippen molar-refractivity contribution in [1.29, 1.82) is 0 Å². The summed E-state index contributed by atoms with van der Waals surface area (Å²) in [7, 11) is 3.69. The summed E-state index contributed by atoms with van der Waals surface area (Å²) in [5.41, 5.74) is 7.92. The van der Waals surface area contributed by atoms with Crippen LogP contribution in [0.25, 0.3) is 22.5 Å². The molecule has 0 atom stereocenters. The van der Waals surface area contributed by atoms with Gasteiger partial charge in [-0.05, 0) is 74.5 Å². The number of imidazole rings is 2. The van der Waals surface area contributed by atoms with E-state index in [0.717, 1.165) is 12.1 Å². The van der Waals surface area contributed by atoms with E-state index >= 15 is 0 Å². The van der Waals surface area contributed by atoms with Gasteiger partial charge in [-0.15, -0.1) is 0 Å². The lowest BCUT2D eigenvalue weighted by Gasteiger charge is -2.18. The van der Waals surface area contributed by atoms with Crippen molar-refractivity contribution in [2.45, 2.75) is 19.6 Å². The molecule has 3 aromatic heterocycles. The van der Waals surface area contributed by atoms with Gasteiger partial charge >= 0.3 is 6.18 Å². The second-order valence-corrected chi connectivity index (χ2v) is 9.58. The summed E-state index contributed by atoms with van der Waals surface area (Å²) in [6.45, 7) is 2.19. The van der Waals surface area contributed by atoms with Crippen LogP contribution in [0.2, 0.25) is 0 Å². The Hall–Kier alpha value is -4.88. The first kappa shape index (κ1) is 26.7. The van der Waals surface area contributed by atoms with E-state index < -0.39 is 17.6 Å². The molecule has 0 aliphatic carbocycles. The van der Waals surface area contributed by atoms with Crippen LogP contribution in [0, 0.1) is 18.8 Å². The van der Waals surface area contributed by atoms with Crippen LogP contribution in [0.5, 0.6) is 0 Å². The Morgan fingerprint density at radius 2 is 1.85 bits per heavy atom. The molecule has 3 heterocycles. The van der Waals surface area contributed by atoms with Crippen molar-refractivity contribution in [2.75, 3.05) is 14.1 Å². The van der Waals surface area contributed by atoms with Gasteiger partial charge in [-0.25, -0.2) is 9.97 Å². The zero-order valence-electron chi connectivity index (χ0n) is 22.0. The minimum atomic E-state index is -4.65. The molecule has 0 aliphatic rings. The maximum Gasteiger partial charge on any atom is 0.416 e. The number of aryl methyl sites for hydroxylation is 1. The molecular weight excluding hydrogens is 517 g/mol. The average molecular weight is 543 g/mol. The molecule has 0 fully saturated rings. The molecule has 0 aliphatic heterocycles. The lowest BCUT2D eigenvalue weighted by atomic mass is 9.89. The topological polar surface area (TPSA) is 81.5 Å². The third kappa shape index (κ3) is 5.19. The molecule has 7 nitrogen and oxygen atoms in total. The van der Waals surface area contributed by atoms with Gasteiger partial charge in [0.2, 0.25) is 5.91 Å². The minimum Gasteiger partial charge on any atom is -0.366 e. The molecule has 0 unspecified atom stereocenters. The predicted octanol–water partition coefficient (Wildman–Crippen LogP) is 5.07. The molecule has 0 saturated heterocycles. The maximum absolute atomic E-state index is 14.2. The minimum absolute atomic E-state index is 0.0671. The van der Waals surface area contributed by atoms with Crippen molar-refractivity contribution < 1.29 is 18.0 Å². The Labute approximate surface area is 228 Å². The van der Waals surface area contributed by atoms with E-state index in [-0.39, 0.29) is 22.4 Å². The number of nitrogens with two attached hydrogens (primary N) is 1. The number of benzene rings is 2. The average Bonchev–Trinajstić information content (AvgIpc) is 3.53. The van der Waals surface area contributed by atoms with E-state index in [9.17, 15) is 18.0 Å². The number of hydrogen-bond donors (Lipinski definition) is 1. The predicted molar refractivity (Wildman–Crippen MR) is 146 cm³/mol. The second kappa shape index (κ2) is 10.4. The number of aromatic nitrogens is 4. The first-order chi connectivity index (χ1) is 19.0. The SMILES string of the molecule is Cc1ccc(C(N)=O)c(-c2cc(-n3ccnc3CN(C)C)cc(C(F)(F)F)c2)c1C#Cc1cnc2ccccn12. The van der Waals surface area contributed by atoms with Gasteiger partial charge in [0.25, 0.3) is 0 Å². The molecule has 2 aromatic carbocycles. The molecule has 0 radical (unpaired) electrons. The first-order valence-corrected chi connectivity index (χ1v) is 12.3. The number of fused-ring (bicyclic) bond motifs is 1. The Bertz CT molecular complexity index is 1800. The van der Waals surface area contributed by atoms with Crippen LogP contribution < -0.4 is 5.73 Å². The quantitative estimate of drug-likeness (QED) is 0.315. The fourth-order valence-electron chi connectivity index (χ4n) is 4.55. The number of alkyl halides is 3. The lowest BCUT2D eigenvalue weighted by molar-refractivity contribution is -0.137. The Morgan fingerprint density at radius 1 is 1.05 bits per heavy atom. The standard InChI is InChI=1S/C30H25F3N6O/c1-19-7-9-25(29(34)40)28(24(19)10-8-22-17-36-26-6-4-5-12-38(22)26)20-14-21(30(31,32)33)16-23(15-20)39-13-11-35-27(39)18-37(2)3/h4-7,9,11-17H,18H2,1-3H3,(H2,34,40). The third-order valence-corrected chi connectivity index (χ3v) is 6.40. The molecule has 5 aromatic rings. The summed E-state index contributed by atoms with van der Waals surface area (Å²) in [5.74, 6) is 5.95. The van der Waals surface area contributed by atoms with Gasteiger partial charge in [0.05, 0.1) is 18.3 Å². The van der Waals surface area contributed by atoms with Gasteiger partial charge in [-0.3, -0.25) is 9.20 Å². The van der Waals surface area contributed by atoms with E-state index in [1.54, 1.807) is 40.4 Å². The molecule has 202 valence electrons. The number of hydrogen-bond acceptors (Lipinski definition) is 4. The van der Waals surface area contributed by atoms with Crippen LogP contribution in [0.3, 0.4) is 0 Å². The number of nitrogens with zero attached hydrogens (tertiary/aromatic N) is 5. The second-order valence-electron chi connectivity index (χ2n) is 9.58. The fraction of sp³-hybridized carbons (Fsp3) is 0.167. The highest BCUT2D eigenvalue weighted by atomic mass is 19.4. The van der Waals surface area contributed by atoms with E-state index in [0.29, 0.717) is 34.8 Å². The zero-order chi connectivity index (χ0) is 28.6. The number of carbonyl (C=O) groups is 1. The summed E-state index contributed by atoms with van der Waals surface area (Å²) in [5, 5.41) is 0. The number of amides is 1. The Balaban J connectivity index is 1.77. The van der Waals surface area contributed by atoms with Crippen molar-refractivity contribution in [3.63, 3.8) is 0 Å². The molecular formula is C30H25F3N6O. The van der Waals surface area contributed by atoms with Crippen LogP contribution in [0.4, 0.5) is 13.2 Å². The first-order valence-electron chi connectivity index (χ1n) is 12.3. The third-order valence-electron chi connectivity index (χ3n) is 6.40. The summed E-state index contributed by atoms with van der Waals surface area (Å²) >= 11 is 0. The van der Waals surface area contributed by atoms with Crippen LogP contribution in [0.15, 0.2) is 73.3 Å². The molecule has 10 heteroatoms. The molecule has 0 spiro atoms. The molecule has 5 rings (SSSR count). The number of primary amides is 1. The maximum atomic E-state index is 14.2. The number of pyridine rings is 1. The van der Waals surface area contributed by atoms with Crippen molar-refractivity contribution in [2.24, 2.45) is 5.73 Å². The molecule has 2 N–H and O–H groups in total. The van der Waals surface area contributed by atoms with Crippen molar-refractivity contribution in [1.82, 2.24) is 23.8 Å². The Kier molecular flexibility index (Phi) is 6.92. The smallest absolute Gasteiger partial charge is 0.366 e. The highest BCUT2D eigenvalue weighted by Crippen LogP contribution is 2.37. The highest BCUT2D eigenvalue weighted by molar-refractivity contribution is 6.02. The van der Waals surface area contributed by atoms with Crippen LogP contribution in [0.1, 0.15) is 38.6 Å². The van der Waals surface area contributed by atoms with E-state index in [1.807, 2.05) is 43.4 Å². The van der Waals surface area contributed by atoms with E-state index in [2.05, 4.69) is 21.8 Å². The van der Waals surface area contributed by atoms with Gasteiger partial charge in [-0.2, -0.15) is 13.2 Å². The molecule has 40 heavy (non-hydrogen) atoms. The molecule has 0 bridgehead atoms. The normalized spacial score (nSPS) is 11.6. The highest BCUT2D eigenvalue weighted by Gasteiger charge is 2.32. The number of carbonyl (C=O) groups excluding carboxylic acids is 1. The summed E-state index contributed by atoms with van der Waals surface area (Å²) in [6.07, 6.45) is 1.92. The van der Waals surface area contributed by atoms with Gasteiger partial charge < -0.3 is 15.2 Å². The summed E-state index contributed by atoms with van der Waals surface area (Å²) in [6, 6.07) is 12.4. The molecule has 0 saturated carbocycles. The van der Waals surface area contributed by atoms with Crippen molar-refractivity contribution in [3.05, 3.63) is 107 Å². The lowest BCUT2D eigenvalue weighted by Crippen LogP contribution is -2.16. The van der Waals surface area contributed by atoms with E-state index in [1.165, 1.54) is 12.3 Å². The van der Waals surface area contributed by atoms with Gasteiger partial charge in [0.1, 0.15) is 17.2 Å². The summed E-state index contributed by atoms with van der Waals surface area (Å²) < 4.78 is 45.9. The van der Waals surface area contributed by atoms with Crippen LogP contribution >= 0.6 is 0 Å². The number of halogens is 3. The Morgan fingerprint density at radius 3 is 2.58 bits per heavy atom. The number of rotatable bonds is 5. The van der Waals surface area contributed by atoms with Crippen molar-refractivity contribution in [3.8, 4) is 28.7 Å². The monoisotopic (exact) mass is 542 g/mol. The van der Waals surface area contributed by atoms with Crippen LogP contribution in [-0.2, 0) is 12.7 Å². The van der Waals surface area contributed by atoms with Crippen LogP contribution in [-0.4, -0.2) is 43.8 Å². The largest absolute Gasteiger partial charge is 0.416 e. The van der Waals surface area contributed by atoms with E-state index in [4.69, 9.17) is 5.73 Å². The van der Waals surface area contributed by atoms with Gasteiger partial charge in [0.15, 0.2) is 0 Å². The molecule has 1 amide bonds. The fourth-order valence-corrected chi connectivity index (χ4v) is 4.55. The van der Waals surface area contributed by atoms with Crippen molar-refractivity contribution >= 4 is 11.6 Å². The summed E-state index contributed by atoms with van der Waals surface area (Å²) in [4.78, 5) is 23.1.